The summed E-state index contributed by atoms with van der Waals surface area (Å²) in [6, 6.07) is 11.6. The van der Waals surface area contributed by atoms with Crippen LogP contribution in [0, 0.1) is 19.7 Å². The van der Waals surface area contributed by atoms with Crippen molar-refractivity contribution in [2.75, 3.05) is 23.9 Å². The third kappa shape index (κ3) is 7.54. The molecule has 0 aliphatic heterocycles. The van der Waals surface area contributed by atoms with Crippen molar-refractivity contribution in [1.29, 1.82) is 0 Å². The Labute approximate surface area is 245 Å². The predicted molar refractivity (Wildman–Crippen MR) is 163 cm³/mol. The van der Waals surface area contributed by atoms with Crippen LogP contribution in [0.15, 0.2) is 47.3 Å². The second kappa shape index (κ2) is 15.4. The van der Waals surface area contributed by atoms with Gasteiger partial charge in [-0.2, -0.15) is 0 Å². The summed E-state index contributed by atoms with van der Waals surface area (Å²) < 4.78 is 21.7. The van der Waals surface area contributed by atoms with E-state index in [-0.39, 0.29) is 46.7 Å². The molecule has 0 spiro atoms. The zero-order chi connectivity index (χ0) is 31.6. The van der Waals surface area contributed by atoms with Gasteiger partial charge in [0.25, 0.3) is 11.5 Å². The average Bonchev–Trinajstić information content (AvgIpc) is 3.83. The smallest absolute Gasteiger partial charge is 0.259 e. The number of nitrogens with zero attached hydrogens (tertiary/aromatic N) is 3. The molecule has 3 aromatic rings. The van der Waals surface area contributed by atoms with Crippen LogP contribution >= 0.6 is 0 Å². The third-order valence-electron chi connectivity index (χ3n) is 6.55. The molecule has 3 N–H and O–H groups in total. The number of hydrogen-bond donors (Lipinski definition) is 2. The summed E-state index contributed by atoms with van der Waals surface area (Å²) in [6.45, 7) is 9.62. The Kier molecular flexibility index (Phi) is 12.3. The van der Waals surface area contributed by atoms with Gasteiger partial charge in [0, 0.05) is 31.8 Å². The van der Waals surface area contributed by atoms with Crippen molar-refractivity contribution in [3.8, 4) is 5.75 Å². The fraction of sp³-hybridized carbons (Fsp3) is 0.355. The van der Waals surface area contributed by atoms with E-state index in [4.69, 9.17) is 9.53 Å². The summed E-state index contributed by atoms with van der Waals surface area (Å²) in [5, 5.41) is 2.98. The number of primary amides is 1. The summed E-state index contributed by atoms with van der Waals surface area (Å²) in [4.78, 5) is 51.3. The lowest BCUT2D eigenvalue weighted by atomic mass is 10.1. The number of benzene rings is 2. The largest absolute Gasteiger partial charge is 0.494 e. The Morgan fingerprint density at radius 1 is 1.17 bits per heavy atom. The maximum Gasteiger partial charge on any atom is 0.259 e. The minimum Gasteiger partial charge on any atom is -0.494 e. The van der Waals surface area contributed by atoms with Crippen molar-refractivity contribution >= 4 is 41.6 Å². The van der Waals surface area contributed by atoms with E-state index < -0.39 is 11.4 Å². The van der Waals surface area contributed by atoms with Crippen LogP contribution in [-0.4, -0.2) is 47.9 Å². The van der Waals surface area contributed by atoms with Crippen molar-refractivity contribution in [1.82, 2.24) is 9.47 Å². The van der Waals surface area contributed by atoms with Crippen molar-refractivity contribution in [3.05, 3.63) is 75.3 Å². The Morgan fingerprint density at radius 2 is 1.81 bits per heavy atom. The van der Waals surface area contributed by atoms with E-state index in [1.165, 1.54) is 22.6 Å². The fourth-order valence-electron chi connectivity index (χ4n) is 4.36. The number of halogens is 1. The molecule has 0 bridgehead atoms. The van der Waals surface area contributed by atoms with E-state index in [2.05, 4.69) is 11.1 Å². The summed E-state index contributed by atoms with van der Waals surface area (Å²) in [5.41, 5.74) is 5.44. The van der Waals surface area contributed by atoms with Gasteiger partial charge >= 0.3 is 0 Å². The van der Waals surface area contributed by atoms with Crippen molar-refractivity contribution in [3.63, 3.8) is 0 Å². The first-order chi connectivity index (χ1) is 20.1. The predicted octanol–water partition coefficient (Wildman–Crippen LogP) is 4.94. The molecule has 0 unspecified atom stereocenters. The number of aromatic nitrogens is 1. The fourth-order valence-corrected chi connectivity index (χ4v) is 4.36. The Morgan fingerprint density at radius 3 is 2.36 bits per heavy atom. The van der Waals surface area contributed by atoms with Gasteiger partial charge in [0.2, 0.25) is 12.8 Å². The van der Waals surface area contributed by atoms with Crippen LogP contribution < -0.4 is 26.2 Å². The Balaban J connectivity index is 0.00000116. The highest BCUT2D eigenvalue weighted by molar-refractivity contribution is 6.09. The molecule has 11 heteroatoms. The molecule has 42 heavy (non-hydrogen) atoms. The molecule has 4 rings (SSSR count). The van der Waals surface area contributed by atoms with Crippen LogP contribution in [0.4, 0.5) is 27.3 Å². The minimum atomic E-state index is -0.528. The highest BCUT2D eigenvalue weighted by Gasteiger charge is 2.35. The molecule has 1 heterocycles. The molecule has 1 aliphatic rings. The van der Waals surface area contributed by atoms with Gasteiger partial charge in [-0.15, -0.1) is 0 Å². The second-order valence-corrected chi connectivity index (χ2v) is 9.36. The molecule has 3 amide bonds. The van der Waals surface area contributed by atoms with Crippen molar-refractivity contribution < 1.29 is 23.5 Å². The van der Waals surface area contributed by atoms with Crippen LogP contribution in [0.2, 0.25) is 0 Å². The monoisotopic (exact) mass is 581 g/mol. The first-order valence-corrected chi connectivity index (χ1v) is 13.8. The number of ether oxygens (including phenoxy) is 1. The maximum atomic E-state index is 14.9. The zero-order valence-electron chi connectivity index (χ0n) is 25.2. The lowest BCUT2D eigenvalue weighted by Crippen LogP contribution is -2.35. The van der Waals surface area contributed by atoms with Crippen LogP contribution in [0.25, 0.3) is 0 Å². The number of amides is 3. The minimum absolute atomic E-state index is 0.0628. The first kappa shape index (κ1) is 33.5. The summed E-state index contributed by atoms with van der Waals surface area (Å²) in [7, 11) is 3.21. The van der Waals surface area contributed by atoms with Gasteiger partial charge in [-0.3, -0.25) is 28.6 Å². The van der Waals surface area contributed by atoms with Gasteiger partial charge in [0.15, 0.2) is 0 Å². The lowest BCUT2D eigenvalue weighted by Gasteiger charge is -2.28. The molecular formula is C31H40FN5O5. The standard InChI is InChI=1S/C28H31FN4O4.C2H6.CH3NO/c1-6-37-21-9-7-8-20(15-21)33(16-34)25-18(3)27(35)32(5)26(24(25)28(36)31(4)19-11-12-19)30-23-13-10-17(2)14-22(23)29;1-2;2-1-3/h7-10,13-16,19,30H,6,11-12H2,1-5H3;1-2H3;1H,(H2,2,3). The van der Waals surface area contributed by atoms with Crippen LogP contribution in [-0.2, 0) is 16.6 Å². The molecule has 1 aromatic heterocycles. The number of hydrogen-bond acceptors (Lipinski definition) is 6. The molecule has 226 valence electrons. The maximum absolute atomic E-state index is 14.9. The van der Waals surface area contributed by atoms with Gasteiger partial charge in [0.1, 0.15) is 22.9 Å². The highest BCUT2D eigenvalue weighted by Crippen LogP contribution is 2.38. The van der Waals surface area contributed by atoms with E-state index in [0.717, 1.165) is 18.4 Å². The van der Waals surface area contributed by atoms with Gasteiger partial charge in [-0.1, -0.05) is 26.0 Å². The van der Waals surface area contributed by atoms with Gasteiger partial charge in [-0.25, -0.2) is 4.39 Å². The van der Waals surface area contributed by atoms with E-state index >= 15 is 0 Å². The zero-order valence-corrected chi connectivity index (χ0v) is 25.2. The molecule has 1 aliphatic carbocycles. The number of rotatable bonds is 9. The molecule has 1 saturated carbocycles. The summed E-state index contributed by atoms with van der Waals surface area (Å²) >= 11 is 0. The van der Waals surface area contributed by atoms with Crippen molar-refractivity contribution in [2.45, 2.75) is 53.5 Å². The number of anilines is 4. The third-order valence-corrected chi connectivity index (χ3v) is 6.55. The number of aryl methyl sites for hydroxylation is 1. The van der Waals surface area contributed by atoms with Crippen LogP contribution in [0.3, 0.4) is 0 Å². The normalized spacial score (nSPS) is 11.6. The number of nitrogens with two attached hydrogens (primary N) is 1. The van der Waals surface area contributed by atoms with Gasteiger partial charge in [-0.05, 0) is 63.4 Å². The van der Waals surface area contributed by atoms with Gasteiger partial charge in [0.05, 0.1) is 23.7 Å². The van der Waals surface area contributed by atoms with Crippen LogP contribution in [0.1, 0.15) is 55.1 Å². The topological polar surface area (TPSA) is 127 Å². The number of carbonyl (C=O) groups excluding carboxylic acids is 3. The highest BCUT2D eigenvalue weighted by atomic mass is 19.1. The SMILES string of the molecule is CC.CCOc1cccc(N(C=O)c2c(C(=O)N(C)C3CC3)c(Nc3ccc(C)cc3F)n(C)c(=O)c2C)c1.NC=O. The molecule has 1 fully saturated rings. The summed E-state index contributed by atoms with van der Waals surface area (Å²) in [5.74, 6) is -0.269. The van der Waals surface area contributed by atoms with E-state index in [1.54, 1.807) is 62.2 Å². The molecule has 10 nitrogen and oxygen atoms in total. The number of pyridine rings is 1. The molecule has 0 radical (unpaired) electrons. The molecule has 0 saturated heterocycles. The molecule has 0 atom stereocenters. The number of carbonyl (C=O) groups is 3. The van der Waals surface area contributed by atoms with Crippen LogP contribution in [0.5, 0.6) is 5.75 Å². The van der Waals surface area contributed by atoms with E-state index in [1.807, 2.05) is 20.8 Å². The lowest BCUT2D eigenvalue weighted by molar-refractivity contribution is -0.107. The second-order valence-electron chi connectivity index (χ2n) is 9.36. The van der Waals surface area contributed by atoms with Crippen molar-refractivity contribution in [2.24, 2.45) is 12.8 Å². The molecule has 2 aromatic carbocycles. The Bertz CT molecular complexity index is 1470. The quantitative estimate of drug-likeness (QED) is 0.345. The van der Waals surface area contributed by atoms with E-state index in [0.29, 0.717) is 24.5 Å². The van der Waals surface area contributed by atoms with E-state index in [9.17, 15) is 18.8 Å². The Hall–Kier alpha value is -4.67. The summed E-state index contributed by atoms with van der Waals surface area (Å²) in [6.07, 6.45) is 2.55. The average molecular weight is 582 g/mol. The van der Waals surface area contributed by atoms with Gasteiger partial charge < -0.3 is 20.7 Å². The first-order valence-electron chi connectivity index (χ1n) is 13.8. The number of nitrogens with one attached hydrogen (secondary N) is 1. The molecular weight excluding hydrogens is 541 g/mol.